The van der Waals surface area contributed by atoms with Crippen LogP contribution in [0.5, 0.6) is 0 Å². The van der Waals surface area contributed by atoms with Crippen LogP contribution in [0.4, 0.5) is 0 Å². The Morgan fingerprint density at radius 1 is 1.20 bits per heavy atom. The lowest BCUT2D eigenvalue weighted by Crippen LogP contribution is -2.43. The first-order valence-corrected chi connectivity index (χ1v) is 14.6. The number of thioether (sulfide) groups is 2. The van der Waals surface area contributed by atoms with Gasteiger partial charge in [-0.25, -0.2) is 0 Å². The molecule has 0 spiro atoms. The van der Waals surface area contributed by atoms with Gasteiger partial charge in [-0.15, -0.1) is 23.5 Å². The molecule has 25 heavy (non-hydrogen) atoms. The summed E-state index contributed by atoms with van der Waals surface area (Å²) in [6, 6.07) is 0. The van der Waals surface area contributed by atoms with Gasteiger partial charge in [0, 0.05) is 22.3 Å². The van der Waals surface area contributed by atoms with Crippen LogP contribution in [0, 0.1) is 17.8 Å². The predicted molar refractivity (Wildman–Crippen MR) is 116 cm³/mol. The monoisotopic (exact) mass is 400 g/mol. The summed E-state index contributed by atoms with van der Waals surface area (Å²) in [5, 5.41) is 0.223. The van der Waals surface area contributed by atoms with E-state index in [2.05, 4.69) is 47.7 Å². The number of rotatable bonds is 4. The lowest BCUT2D eigenvalue weighted by atomic mass is 9.74. The van der Waals surface area contributed by atoms with Crippen LogP contribution in [0.15, 0.2) is 9.81 Å². The molecular weight excluding hydrogens is 364 g/mol. The molecule has 0 bridgehead atoms. The van der Waals surface area contributed by atoms with Gasteiger partial charge < -0.3 is 4.43 Å². The Bertz CT molecular complexity index is 514. The molecule has 144 valence electrons. The summed E-state index contributed by atoms with van der Waals surface area (Å²) >= 11 is 3.82. The number of ketones is 1. The standard InChI is InChI=1S/C20H36O2S2Si/c1-14-9-10-16(15(2)13-22-25(6,7)20(3,4)5)18(21)17(14)19-23-11-8-12-24-19/h14-16H,8-13H2,1-7H3/t14-,15+,16+/m1/s1. The molecule has 0 aromatic rings. The van der Waals surface area contributed by atoms with Gasteiger partial charge in [-0.2, -0.15) is 0 Å². The molecule has 0 unspecified atom stereocenters. The van der Waals surface area contributed by atoms with Gasteiger partial charge in [0.05, 0.1) is 0 Å². The van der Waals surface area contributed by atoms with Gasteiger partial charge in [0.1, 0.15) is 0 Å². The van der Waals surface area contributed by atoms with E-state index >= 15 is 0 Å². The third-order valence-electron chi connectivity index (χ3n) is 6.18. The van der Waals surface area contributed by atoms with E-state index in [1.807, 2.05) is 23.5 Å². The second kappa shape index (κ2) is 8.53. The Hall–Kier alpha value is 0.287. The van der Waals surface area contributed by atoms with Crippen LogP contribution in [0.25, 0.3) is 0 Å². The smallest absolute Gasteiger partial charge is 0.191 e. The highest BCUT2D eigenvalue weighted by atomic mass is 32.2. The van der Waals surface area contributed by atoms with Crippen LogP contribution < -0.4 is 0 Å². The maximum atomic E-state index is 13.3. The van der Waals surface area contributed by atoms with Crippen molar-refractivity contribution < 1.29 is 9.22 Å². The van der Waals surface area contributed by atoms with Crippen LogP contribution in [0.2, 0.25) is 18.1 Å². The topological polar surface area (TPSA) is 26.3 Å². The Labute approximate surface area is 164 Å². The Morgan fingerprint density at radius 2 is 1.80 bits per heavy atom. The zero-order valence-electron chi connectivity index (χ0n) is 17.1. The third-order valence-corrected chi connectivity index (χ3v) is 13.3. The van der Waals surface area contributed by atoms with Gasteiger partial charge in [-0.05, 0) is 60.7 Å². The fraction of sp³-hybridized carbons (Fsp3) is 0.850. The minimum absolute atomic E-state index is 0.145. The molecule has 0 amide bonds. The van der Waals surface area contributed by atoms with Crippen molar-refractivity contribution in [1.29, 1.82) is 0 Å². The van der Waals surface area contributed by atoms with Crippen molar-refractivity contribution in [3.63, 3.8) is 0 Å². The van der Waals surface area contributed by atoms with Crippen molar-refractivity contribution in [2.75, 3.05) is 18.1 Å². The number of Topliss-reactive ketones (excluding diaryl/α,β-unsaturated/α-hetero) is 1. The van der Waals surface area contributed by atoms with Crippen molar-refractivity contribution in [3.8, 4) is 0 Å². The maximum Gasteiger partial charge on any atom is 0.191 e. The van der Waals surface area contributed by atoms with Crippen LogP contribution in [0.3, 0.4) is 0 Å². The summed E-state index contributed by atoms with van der Waals surface area (Å²) in [5.74, 6) is 3.63. The van der Waals surface area contributed by atoms with Gasteiger partial charge in [0.2, 0.25) is 0 Å². The molecule has 2 nitrogen and oxygen atoms in total. The van der Waals surface area contributed by atoms with Crippen molar-refractivity contribution in [2.24, 2.45) is 17.8 Å². The minimum Gasteiger partial charge on any atom is -0.417 e. The first kappa shape index (κ1) is 21.6. The quantitative estimate of drug-likeness (QED) is 0.406. The SMILES string of the molecule is C[C@@H]1CC[C@@H]([C@@H](C)CO[Si](C)(C)C(C)(C)C)C(=O)C1=C1SCCCS1. The van der Waals surface area contributed by atoms with E-state index in [9.17, 15) is 4.79 Å². The summed E-state index contributed by atoms with van der Waals surface area (Å²) in [7, 11) is -1.75. The summed E-state index contributed by atoms with van der Waals surface area (Å²) in [6.45, 7) is 16.6. The summed E-state index contributed by atoms with van der Waals surface area (Å²) in [4.78, 5) is 13.3. The maximum absolute atomic E-state index is 13.3. The molecule has 1 saturated carbocycles. The molecule has 1 heterocycles. The van der Waals surface area contributed by atoms with Crippen molar-refractivity contribution >= 4 is 37.6 Å². The Morgan fingerprint density at radius 3 is 2.36 bits per heavy atom. The first-order valence-electron chi connectivity index (χ1n) is 9.72. The van der Waals surface area contributed by atoms with Gasteiger partial charge in [-0.1, -0.05) is 34.6 Å². The highest BCUT2D eigenvalue weighted by Crippen LogP contribution is 2.45. The van der Waals surface area contributed by atoms with Gasteiger partial charge >= 0.3 is 0 Å². The van der Waals surface area contributed by atoms with Gasteiger partial charge in [0.25, 0.3) is 0 Å². The molecule has 0 N–H and O–H groups in total. The fourth-order valence-electron chi connectivity index (χ4n) is 3.25. The van der Waals surface area contributed by atoms with E-state index in [1.165, 1.54) is 22.2 Å². The Balaban J connectivity index is 2.07. The van der Waals surface area contributed by atoms with Crippen LogP contribution in [-0.4, -0.2) is 32.2 Å². The van der Waals surface area contributed by atoms with Crippen LogP contribution >= 0.6 is 23.5 Å². The largest absolute Gasteiger partial charge is 0.417 e. The molecule has 2 fully saturated rings. The minimum atomic E-state index is -1.75. The molecule has 3 atom stereocenters. The summed E-state index contributed by atoms with van der Waals surface area (Å²) in [6.07, 6.45) is 3.42. The number of hydrogen-bond donors (Lipinski definition) is 0. The molecule has 0 aromatic heterocycles. The molecule has 5 heteroatoms. The van der Waals surface area contributed by atoms with Crippen LogP contribution in [0.1, 0.15) is 53.9 Å². The summed E-state index contributed by atoms with van der Waals surface area (Å²) in [5.41, 5.74) is 1.14. The number of carbonyl (C=O) groups is 1. The molecule has 0 aromatic carbocycles. The van der Waals surface area contributed by atoms with E-state index < -0.39 is 8.32 Å². The van der Waals surface area contributed by atoms with Crippen molar-refractivity contribution in [3.05, 3.63) is 9.81 Å². The Kier molecular flexibility index (Phi) is 7.37. The highest BCUT2D eigenvalue weighted by Gasteiger charge is 2.40. The number of allylic oxidation sites excluding steroid dienone is 1. The normalized spacial score (nSPS) is 27.6. The van der Waals surface area contributed by atoms with Crippen molar-refractivity contribution in [2.45, 2.75) is 72.0 Å². The van der Waals surface area contributed by atoms with E-state index in [-0.39, 0.29) is 11.0 Å². The highest BCUT2D eigenvalue weighted by molar-refractivity contribution is 8.22. The molecule has 2 rings (SSSR count). The molecule has 2 aliphatic rings. The average Bonchev–Trinajstić information content (AvgIpc) is 2.53. The zero-order chi connectivity index (χ0) is 18.8. The molecular formula is C20H36O2S2Si. The van der Waals surface area contributed by atoms with E-state index in [0.29, 0.717) is 17.6 Å². The fourth-order valence-corrected chi connectivity index (χ4v) is 7.24. The average molecular weight is 401 g/mol. The van der Waals surface area contributed by atoms with Crippen molar-refractivity contribution in [1.82, 2.24) is 0 Å². The molecule has 1 aliphatic carbocycles. The van der Waals surface area contributed by atoms with E-state index in [1.54, 1.807) is 0 Å². The van der Waals surface area contributed by atoms with Crippen LogP contribution in [-0.2, 0) is 9.22 Å². The first-order chi connectivity index (χ1) is 11.5. The second-order valence-electron chi connectivity index (χ2n) is 9.25. The molecule has 0 radical (unpaired) electrons. The van der Waals surface area contributed by atoms with Gasteiger partial charge in [-0.3, -0.25) is 4.79 Å². The second-order valence-corrected chi connectivity index (χ2v) is 16.5. The zero-order valence-corrected chi connectivity index (χ0v) is 19.7. The predicted octanol–water partition coefficient (Wildman–Crippen LogP) is 6.34. The summed E-state index contributed by atoms with van der Waals surface area (Å²) < 4.78 is 7.75. The lowest BCUT2D eigenvalue weighted by molar-refractivity contribution is -0.123. The van der Waals surface area contributed by atoms with E-state index in [4.69, 9.17) is 4.43 Å². The molecule has 1 saturated heterocycles. The lowest BCUT2D eigenvalue weighted by Gasteiger charge is -2.39. The number of hydrogen-bond acceptors (Lipinski definition) is 4. The number of carbonyl (C=O) groups excluding carboxylic acids is 1. The van der Waals surface area contributed by atoms with E-state index in [0.717, 1.165) is 25.0 Å². The van der Waals surface area contributed by atoms with Gasteiger partial charge in [0.15, 0.2) is 14.1 Å². The third kappa shape index (κ3) is 5.17. The molecule has 1 aliphatic heterocycles.